The van der Waals surface area contributed by atoms with Gasteiger partial charge >= 0.3 is 0 Å². The fraction of sp³-hybridized carbons (Fsp3) is 0.353. The molecule has 2 amide bonds. The van der Waals surface area contributed by atoms with Crippen LogP contribution in [-0.4, -0.2) is 21.6 Å². The molecule has 2 rings (SSSR count). The van der Waals surface area contributed by atoms with Crippen molar-refractivity contribution in [1.82, 2.24) is 15.1 Å². The van der Waals surface area contributed by atoms with Crippen molar-refractivity contribution in [3.8, 4) is 0 Å². The molecule has 0 unspecified atom stereocenters. The highest BCUT2D eigenvalue weighted by atomic mass is 16.2. The number of amides is 2. The van der Waals surface area contributed by atoms with Crippen molar-refractivity contribution in [1.29, 1.82) is 0 Å². The fourth-order valence-electron chi connectivity index (χ4n) is 2.31. The Morgan fingerprint density at radius 2 is 1.87 bits per heavy atom. The zero-order valence-corrected chi connectivity index (χ0v) is 13.7. The molecule has 122 valence electrons. The summed E-state index contributed by atoms with van der Waals surface area (Å²) in [5.41, 5.74) is 3.75. The molecular formula is C17H22N4O2. The van der Waals surface area contributed by atoms with E-state index in [0.717, 1.165) is 22.6 Å². The van der Waals surface area contributed by atoms with Crippen molar-refractivity contribution in [3.05, 3.63) is 47.3 Å². The van der Waals surface area contributed by atoms with E-state index in [4.69, 9.17) is 0 Å². The van der Waals surface area contributed by atoms with E-state index in [1.807, 2.05) is 48.9 Å². The molecule has 2 N–H and O–H groups in total. The highest BCUT2D eigenvalue weighted by Gasteiger charge is 2.05. The summed E-state index contributed by atoms with van der Waals surface area (Å²) in [6, 6.07) is 9.39. The van der Waals surface area contributed by atoms with Gasteiger partial charge in [0.15, 0.2) is 0 Å². The Hall–Kier alpha value is -2.63. The van der Waals surface area contributed by atoms with Gasteiger partial charge in [0.1, 0.15) is 0 Å². The highest BCUT2D eigenvalue weighted by Crippen LogP contribution is 2.09. The van der Waals surface area contributed by atoms with Crippen LogP contribution in [0.1, 0.15) is 30.3 Å². The molecule has 0 aliphatic rings. The normalized spacial score (nSPS) is 10.4. The van der Waals surface area contributed by atoms with Gasteiger partial charge in [-0.05, 0) is 37.6 Å². The molecule has 6 heteroatoms. The molecule has 1 aromatic heterocycles. The zero-order valence-electron chi connectivity index (χ0n) is 13.7. The number of anilines is 1. The van der Waals surface area contributed by atoms with E-state index in [9.17, 15) is 9.59 Å². The van der Waals surface area contributed by atoms with Crippen LogP contribution in [0.25, 0.3) is 0 Å². The van der Waals surface area contributed by atoms with Crippen LogP contribution in [0.4, 0.5) is 5.69 Å². The lowest BCUT2D eigenvalue weighted by molar-refractivity contribution is -0.121. The van der Waals surface area contributed by atoms with Crippen molar-refractivity contribution < 1.29 is 9.59 Å². The first-order valence-corrected chi connectivity index (χ1v) is 7.58. The Morgan fingerprint density at radius 3 is 2.43 bits per heavy atom. The first-order valence-electron chi connectivity index (χ1n) is 7.58. The molecule has 1 heterocycles. The maximum Gasteiger partial charge on any atom is 0.222 e. The zero-order chi connectivity index (χ0) is 16.8. The van der Waals surface area contributed by atoms with Gasteiger partial charge in [-0.1, -0.05) is 12.1 Å². The van der Waals surface area contributed by atoms with Gasteiger partial charge in [-0.25, -0.2) is 0 Å². The van der Waals surface area contributed by atoms with Crippen LogP contribution in [0.5, 0.6) is 0 Å². The van der Waals surface area contributed by atoms with Gasteiger partial charge in [0.25, 0.3) is 0 Å². The van der Waals surface area contributed by atoms with Crippen LogP contribution in [-0.2, 0) is 22.7 Å². The summed E-state index contributed by atoms with van der Waals surface area (Å²) in [6.45, 7) is 6.43. The Balaban J connectivity index is 1.77. The summed E-state index contributed by atoms with van der Waals surface area (Å²) >= 11 is 0. The van der Waals surface area contributed by atoms with Crippen molar-refractivity contribution in [2.75, 3.05) is 5.32 Å². The van der Waals surface area contributed by atoms with Gasteiger partial charge in [0, 0.05) is 37.8 Å². The second-order valence-electron chi connectivity index (χ2n) is 5.56. The molecule has 23 heavy (non-hydrogen) atoms. The predicted octanol–water partition coefficient (Wildman–Crippen LogP) is 2.16. The average Bonchev–Trinajstić information content (AvgIpc) is 2.82. The fourth-order valence-corrected chi connectivity index (χ4v) is 2.31. The molecule has 0 fully saturated rings. The SMILES string of the molecule is CC(=O)Nc1ccc(CNC(=O)CCn2nc(C)cc2C)cc1. The molecule has 6 nitrogen and oxygen atoms in total. The Bertz CT molecular complexity index is 689. The van der Waals surface area contributed by atoms with Gasteiger partial charge in [-0.3, -0.25) is 14.3 Å². The molecular weight excluding hydrogens is 292 g/mol. The molecule has 0 spiro atoms. The minimum absolute atomic E-state index is 0.0107. The maximum absolute atomic E-state index is 11.9. The van der Waals surface area contributed by atoms with E-state index in [2.05, 4.69) is 15.7 Å². The molecule has 0 radical (unpaired) electrons. The second kappa shape index (κ2) is 7.58. The standard InChI is InChI=1S/C17H22N4O2/c1-12-10-13(2)21(20-12)9-8-17(23)18-11-15-4-6-16(7-5-15)19-14(3)22/h4-7,10H,8-9,11H2,1-3H3,(H,18,23)(H,19,22). The first kappa shape index (κ1) is 16.7. The van der Waals surface area contributed by atoms with E-state index in [1.54, 1.807) is 0 Å². The van der Waals surface area contributed by atoms with Gasteiger partial charge in [-0.2, -0.15) is 5.10 Å². The van der Waals surface area contributed by atoms with Crippen LogP contribution >= 0.6 is 0 Å². The molecule has 0 bridgehead atoms. The van der Waals surface area contributed by atoms with Crippen molar-refractivity contribution in [2.45, 2.75) is 40.3 Å². The number of nitrogens with zero attached hydrogens (tertiary/aromatic N) is 2. The molecule has 1 aromatic carbocycles. The maximum atomic E-state index is 11.9. The van der Waals surface area contributed by atoms with E-state index < -0.39 is 0 Å². The van der Waals surface area contributed by atoms with Crippen molar-refractivity contribution in [2.24, 2.45) is 0 Å². The third kappa shape index (κ3) is 5.25. The number of carbonyl (C=O) groups excluding carboxylic acids is 2. The number of aromatic nitrogens is 2. The summed E-state index contributed by atoms with van der Waals surface area (Å²) < 4.78 is 1.84. The van der Waals surface area contributed by atoms with Crippen LogP contribution in [0, 0.1) is 13.8 Å². The summed E-state index contributed by atoms with van der Waals surface area (Å²) in [5.74, 6) is -0.112. The summed E-state index contributed by atoms with van der Waals surface area (Å²) in [6.07, 6.45) is 0.395. The number of hydrogen-bond acceptors (Lipinski definition) is 3. The van der Waals surface area contributed by atoms with Crippen LogP contribution in [0.3, 0.4) is 0 Å². The summed E-state index contributed by atoms with van der Waals surface area (Å²) in [4.78, 5) is 22.9. The smallest absolute Gasteiger partial charge is 0.222 e. The third-order valence-corrected chi connectivity index (χ3v) is 3.42. The molecule has 0 aliphatic heterocycles. The number of carbonyl (C=O) groups is 2. The van der Waals surface area contributed by atoms with Crippen molar-refractivity contribution >= 4 is 17.5 Å². The lowest BCUT2D eigenvalue weighted by Crippen LogP contribution is -2.24. The number of nitrogens with one attached hydrogen (secondary N) is 2. The first-order chi connectivity index (χ1) is 10.9. The summed E-state index contributed by atoms with van der Waals surface area (Å²) in [5, 5.41) is 9.93. The lowest BCUT2D eigenvalue weighted by atomic mass is 10.2. The van der Waals surface area contributed by atoms with Crippen LogP contribution in [0.15, 0.2) is 30.3 Å². The second-order valence-corrected chi connectivity index (χ2v) is 5.56. The molecule has 2 aromatic rings. The average molecular weight is 314 g/mol. The minimum Gasteiger partial charge on any atom is -0.352 e. The van der Waals surface area contributed by atoms with E-state index in [0.29, 0.717) is 19.5 Å². The van der Waals surface area contributed by atoms with Crippen LogP contribution in [0.2, 0.25) is 0 Å². The molecule has 0 aliphatic carbocycles. The van der Waals surface area contributed by atoms with Gasteiger partial charge < -0.3 is 10.6 Å². The van der Waals surface area contributed by atoms with Crippen LogP contribution < -0.4 is 10.6 Å². The monoisotopic (exact) mass is 314 g/mol. The molecule has 0 atom stereocenters. The third-order valence-electron chi connectivity index (χ3n) is 3.42. The minimum atomic E-state index is -0.102. The van der Waals surface area contributed by atoms with Gasteiger partial charge in [0.05, 0.1) is 5.69 Å². The number of hydrogen-bond donors (Lipinski definition) is 2. The molecule has 0 saturated heterocycles. The Morgan fingerprint density at radius 1 is 1.17 bits per heavy atom. The van der Waals surface area contributed by atoms with Gasteiger partial charge in [-0.15, -0.1) is 0 Å². The Kier molecular flexibility index (Phi) is 5.51. The Labute approximate surface area is 135 Å². The van der Waals surface area contributed by atoms with Crippen molar-refractivity contribution in [3.63, 3.8) is 0 Å². The van der Waals surface area contributed by atoms with Gasteiger partial charge in [0.2, 0.25) is 11.8 Å². The van der Waals surface area contributed by atoms with E-state index in [-0.39, 0.29) is 11.8 Å². The lowest BCUT2D eigenvalue weighted by Gasteiger charge is -2.08. The topological polar surface area (TPSA) is 76.0 Å². The quantitative estimate of drug-likeness (QED) is 0.858. The highest BCUT2D eigenvalue weighted by molar-refractivity contribution is 5.88. The number of aryl methyl sites for hydroxylation is 3. The number of benzene rings is 1. The largest absolute Gasteiger partial charge is 0.352 e. The molecule has 0 saturated carbocycles. The summed E-state index contributed by atoms with van der Waals surface area (Å²) in [7, 11) is 0. The number of rotatable bonds is 6. The van der Waals surface area contributed by atoms with E-state index >= 15 is 0 Å². The van der Waals surface area contributed by atoms with E-state index in [1.165, 1.54) is 6.92 Å². The predicted molar refractivity (Wildman–Crippen MR) is 88.9 cm³/mol.